The van der Waals surface area contributed by atoms with Gasteiger partial charge in [-0.2, -0.15) is 18.3 Å². The fourth-order valence-corrected chi connectivity index (χ4v) is 2.99. The van der Waals surface area contributed by atoms with Gasteiger partial charge < -0.3 is 15.0 Å². The zero-order chi connectivity index (χ0) is 20.1. The van der Waals surface area contributed by atoms with E-state index in [1.54, 1.807) is 17.8 Å². The van der Waals surface area contributed by atoms with Gasteiger partial charge in [0, 0.05) is 20.1 Å². The Labute approximate surface area is 184 Å². The molecule has 11 heteroatoms. The lowest BCUT2D eigenvalue weighted by Gasteiger charge is -2.35. The number of morpholine rings is 1. The van der Waals surface area contributed by atoms with Gasteiger partial charge in [-0.05, 0) is 24.6 Å². The Morgan fingerprint density at radius 3 is 2.83 bits per heavy atom. The van der Waals surface area contributed by atoms with Crippen LogP contribution < -0.4 is 5.32 Å². The fourth-order valence-electron chi connectivity index (χ4n) is 2.99. The molecule has 3 rings (SSSR count). The number of rotatable bonds is 4. The minimum absolute atomic E-state index is 0. The van der Waals surface area contributed by atoms with Crippen LogP contribution in [-0.2, 0) is 24.5 Å². The Morgan fingerprint density at radius 2 is 2.17 bits per heavy atom. The molecular formula is C18H24F3IN6O. The van der Waals surface area contributed by atoms with Crippen molar-refractivity contribution in [3.8, 4) is 0 Å². The standard InChI is InChI=1S/C18H23F3N6O.HI/c1-3-22-17(23-10-16-24-12-25-26(16)2)27-7-8-28-15(11-27)13-5-4-6-14(9-13)18(19,20)21;/h4-6,9,12,15H,3,7-8,10-11H2,1-2H3,(H,22,23);1H. The van der Waals surface area contributed by atoms with Crippen LogP contribution in [0.5, 0.6) is 0 Å². The molecule has 1 fully saturated rings. The Hall–Kier alpha value is -1.89. The average Bonchev–Trinajstić information content (AvgIpc) is 3.09. The van der Waals surface area contributed by atoms with E-state index >= 15 is 0 Å². The van der Waals surface area contributed by atoms with Crippen molar-refractivity contribution in [2.24, 2.45) is 12.0 Å². The van der Waals surface area contributed by atoms with Gasteiger partial charge in [0.1, 0.15) is 24.8 Å². The van der Waals surface area contributed by atoms with Crippen molar-refractivity contribution in [2.75, 3.05) is 26.2 Å². The predicted octanol–water partition coefficient (Wildman–Crippen LogP) is 2.99. The Balaban J connectivity index is 0.00000300. The van der Waals surface area contributed by atoms with Crippen molar-refractivity contribution >= 4 is 29.9 Å². The second-order valence-electron chi connectivity index (χ2n) is 6.40. The molecule has 0 radical (unpaired) electrons. The summed E-state index contributed by atoms with van der Waals surface area (Å²) in [5, 5.41) is 7.25. The summed E-state index contributed by atoms with van der Waals surface area (Å²) < 4.78 is 46.4. The Bertz CT molecular complexity index is 826. The third-order valence-electron chi connectivity index (χ3n) is 4.46. The molecule has 1 atom stereocenters. The number of aromatic nitrogens is 3. The number of nitrogens with one attached hydrogen (secondary N) is 1. The van der Waals surface area contributed by atoms with E-state index in [9.17, 15) is 13.2 Å². The van der Waals surface area contributed by atoms with Gasteiger partial charge in [0.05, 0.1) is 18.7 Å². The topological polar surface area (TPSA) is 67.6 Å². The summed E-state index contributed by atoms with van der Waals surface area (Å²) in [6.07, 6.45) is -3.37. The van der Waals surface area contributed by atoms with Crippen molar-refractivity contribution in [2.45, 2.75) is 25.7 Å². The van der Waals surface area contributed by atoms with Crippen LogP contribution in [0.3, 0.4) is 0 Å². The van der Waals surface area contributed by atoms with Gasteiger partial charge in [-0.3, -0.25) is 4.68 Å². The van der Waals surface area contributed by atoms with Crippen molar-refractivity contribution < 1.29 is 17.9 Å². The molecule has 2 aromatic rings. The minimum atomic E-state index is -4.38. The number of halogens is 4. The molecule has 1 aliphatic rings. The lowest BCUT2D eigenvalue weighted by atomic mass is 10.0. The summed E-state index contributed by atoms with van der Waals surface area (Å²) in [6, 6.07) is 5.29. The molecule has 1 N–H and O–H groups in total. The summed E-state index contributed by atoms with van der Waals surface area (Å²) in [4.78, 5) is 10.7. The van der Waals surface area contributed by atoms with E-state index < -0.39 is 17.8 Å². The highest BCUT2D eigenvalue weighted by molar-refractivity contribution is 14.0. The number of aryl methyl sites for hydroxylation is 1. The van der Waals surface area contributed by atoms with Crippen molar-refractivity contribution in [1.29, 1.82) is 0 Å². The van der Waals surface area contributed by atoms with Gasteiger partial charge in [-0.25, -0.2) is 9.98 Å². The molecule has 160 valence electrons. The summed E-state index contributed by atoms with van der Waals surface area (Å²) in [6.45, 7) is 4.39. The summed E-state index contributed by atoms with van der Waals surface area (Å²) in [5.41, 5.74) is -0.169. The molecule has 1 unspecified atom stereocenters. The zero-order valence-electron chi connectivity index (χ0n) is 16.2. The third kappa shape index (κ3) is 6.04. The summed E-state index contributed by atoms with van der Waals surface area (Å²) >= 11 is 0. The fraction of sp³-hybridized carbons (Fsp3) is 0.500. The monoisotopic (exact) mass is 524 g/mol. The number of hydrogen-bond donors (Lipinski definition) is 1. The lowest BCUT2D eigenvalue weighted by Crippen LogP contribution is -2.48. The van der Waals surface area contributed by atoms with Crippen LogP contribution in [-0.4, -0.2) is 51.9 Å². The first-order valence-electron chi connectivity index (χ1n) is 9.03. The SMILES string of the molecule is CCNC(=NCc1ncnn1C)N1CCOC(c2cccc(C(F)(F)F)c2)C1.I. The van der Waals surface area contributed by atoms with E-state index in [1.165, 1.54) is 12.4 Å². The number of nitrogens with zero attached hydrogens (tertiary/aromatic N) is 5. The molecule has 1 aliphatic heterocycles. The van der Waals surface area contributed by atoms with Gasteiger partial charge >= 0.3 is 6.18 Å². The molecule has 0 bridgehead atoms. The maximum Gasteiger partial charge on any atom is 0.416 e. The minimum Gasteiger partial charge on any atom is -0.370 e. The van der Waals surface area contributed by atoms with E-state index in [1.807, 2.05) is 11.8 Å². The molecule has 1 aromatic carbocycles. The van der Waals surface area contributed by atoms with Crippen LogP contribution in [0.1, 0.15) is 30.0 Å². The highest BCUT2D eigenvalue weighted by Crippen LogP contribution is 2.32. The Morgan fingerprint density at radius 1 is 1.38 bits per heavy atom. The van der Waals surface area contributed by atoms with Crippen molar-refractivity contribution in [1.82, 2.24) is 25.0 Å². The van der Waals surface area contributed by atoms with Gasteiger partial charge in [-0.1, -0.05) is 12.1 Å². The van der Waals surface area contributed by atoms with E-state index in [-0.39, 0.29) is 24.0 Å². The molecule has 0 saturated carbocycles. The lowest BCUT2D eigenvalue weighted by molar-refractivity contribution is -0.137. The molecule has 1 aromatic heterocycles. The maximum atomic E-state index is 13.0. The molecule has 0 amide bonds. The molecule has 7 nitrogen and oxygen atoms in total. The number of aliphatic imine (C=N–C) groups is 1. The first kappa shape index (κ1) is 23.4. The van der Waals surface area contributed by atoms with E-state index in [0.717, 1.165) is 18.0 Å². The number of benzene rings is 1. The largest absolute Gasteiger partial charge is 0.416 e. The zero-order valence-corrected chi connectivity index (χ0v) is 18.5. The smallest absolute Gasteiger partial charge is 0.370 e. The van der Waals surface area contributed by atoms with E-state index in [2.05, 4.69) is 20.4 Å². The van der Waals surface area contributed by atoms with Gasteiger partial charge in [0.15, 0.2) is 5.96 Å². The normalized spacial score (nSPS) is 17.8. The highest BCUT2D eigenvalue weighted by atomic mass is 127. The van der Waals surface area contributed by atoms with E-state index in [0.29, 0.717) is 44.3 Å². The number of guanidine groups is 1. The number of hydrogen-bond acceptors (Lipinski definition) is 4. The molecular weight excluding hydrogens is 500 g/mol. The Kier molecular flexibility index (Phi) is 8.25. The van der Waals surface area contributed by atoms with Crippen LogP contribution in [0.4, 0.5) is 13.2 Å². The van der Waals surface area contributed by atoms with Gasteiger partial charge in [0.25, 0.3) is 0 Å². The molecule has 2 heterocycles. The molecule has 1 saturated heterocycles. The summed E-state index contributed by atoms with van der Waals surface area (Å²) in [5.74, 6) is 1.39. The predicted molar refractivity (Wildman–Crippen MR) is 113 cm³/mol. The quantitative estimate of drug-likeness (QED) is 0.379. The number of alkyl halides is 3. The van der Waals surface area contributed by atoms with Crippen LogP contribution in [0.25, 0.3) is 0 Å². The van der Waals surface area contributed by atoms with Crippen molar-refractivity contribution in [3.63, 3.8) is 0 Å². The van der Waals surface area contributed by atoms with Crippen LogP contribution >= 0.6 is 24.0 Å². The molecule has 0 spiro atoms. The molecule has 29 heavy (non-hydrogen) atoms. The van der Waals surface area contributed by atoms with E-state index in [4.69, 9.17) is 4.74 Å². The second-order valence-corrected chi connectivity index (χ2v) is 6.40. The average molecular weight is 524 g/mol. The van der Waals surface area contributed by atoms with Crippen LogP contribution in [0.15, 0.2) is 35.6 Å². The molecule has 0 aliphatic carbocycles. The number of ether oxygens (including phenoxy) is 1. The summed E-state index contributed by atoms with van der Waals surface area (Å²) in [7, 11) is 1.79. The van der Waals surface area contributed by atoms with Crippen molar-refractivity contribution in [3.05, 3.63) is 47.5 Å². The highest BCUT2D eigenvalue weighted by Gasteiger charge is 2.32. The first-order valence-corrected chi connectivity index (χ1v) is 9.03. The first-order chi connectivity index (χ1) is 13.4. The maximum absolute atomic E-state index is 13.0. The van der Waals surface area contributed by atoms with Crippen LogP contribution in [0, 0.1) is 0 Å². The third-order valence-corrected chi connectivity index (χ3v) is 4.46. The van der Waals surface area contributed by atoms with Gasteiger partial charge in [0.2, 0.25) is 0 Å². The van der Waals surface area contributed by atoms with Gasteiger partial charge in [-0.15, -0.1) is 24.0 Å². The second kappa shape index (κ2) is 10.2. The van der Waals surface area contributed by atoms with Crippen LogP contribution in [0.2, 0.25) is 0 Å².